The molecular formula is C19H18BrFN2O2S. The lowest BCUT2D eigenvalue weighted by atomic mass is 10.1. The van der Waals surface area contributed by atoms with Crippen molar-refractivity contribution in [1.29, 1.82) is 0 Å². The summed E-state index contributed by atoms with van der Waals surface area (Å²) in [6, 6.07) is 9.17. The SMILES string of the molecule is Cc1cc(C(=O)N2CCSCC2)ccc1NC(=O)c1cc(F)ccc1Br. The number of carbonyl (C=O) groups excluding carboxylic acids is 2. The molecule has 2 amide bonds. The first-order chi connectivity index (χ1) is 12.5. The Morgan fingerprint density at radius 1 is 1.15 bits per heavy atom. The van der Waals surface area contributed by atoms with E-state index in [1.54, 1.807) is 18.2 Å². The number of anilines is 1. The van der Waals surface area contributed by atoms with Gasteiger partial charge in [-0.2, -0.15) is 11.8 Å². The highest BCUT2D eigenvalue weighted by Gasteiger charge is 2.19. The predicted octanol–water partition coefficient (Wildman–Crippen LogP) is 4.34. The monoisotopic (exact) mass is 436 g/mol. The zero-order chi connectivity index (χ0) is 18.7. The minimum Gasteiger partial charge on any atom is -0.337 e. The van der Waals surface area contributed by atoms with E-state index in [4.69, 9.17) is 0 Å². The summed E-state index contributed by atoms with van der Waals surface area (Å²) >= 11 is 5.11. The third-order valence-electron chi connectivity index (χ3n) is 4.19. The molecule has 1 aliphatic heterocycles. The lowest BCUT2D eigenvalue weighted by Crippen LogP contribution is -2.37. The quantitative estimate of drug-likeness (QED) is 0.778. The Labute approximate surface area is 164 Å². The number of halogens is 2. The molecule has 1 aliphatic rings. The lowest BCUT2D eigenvalue weighted by Gasteiger charge is -2.26. The molecule has 1 N–H and O–H groups in total. The highest BCUT2D eigenvalue weighted by Crippen LogP contribution is 2.23. The van der Waals surface area contributed by atoms with Gasteiger partial charge in [-0.05, 0) is 64.8 Å². The summed E-state index contributed by atoms with van der Waals surface area (Å²) < 4.78 is 13.9. The Morgan fingerprint density at radius 3 is 2.58 bits per heavy atom. The van der Waals surface area contributed by atoms with Gasteiger partial charge in [0.1, 0.15) is 5.82 Å². The van der Waals surface area contributed by atoms with Crippen molar-refractivity contribution in [3.05, 3.63) is 63.4 Å². The van der Waals surface area contributed by atoms with Crippen LogP contribution >= 0.6 is 27.7 Å². The predicted molar refractivity (Wildman–Crippen MR) is 106 cm³/mol. The minimum atomic E-state index is -0.476. The number of hydrogen-bond acceptors (Lipinski definition) is 3. The van der Waals surface area contributed by atoms with Crippen molar-refractivity contribution in [2.75, 3.05) is 29.9 Å². The van der Waals surface area contributed by atoms with Gasteiger partial charge in [0.2, 0.25) is 0 Å². The molecule has 1 heterocycles. The number of carbonyl (C=O) groups is 2. The van der Waals surface area contributed by atoms with Gasteiger partial charge in [-0.1, -0.05) is 0 Å². The van der Waals surface area contributed by atoms with Crippen LogP contribution in [-0.4, -0.2) is 41.3 Å². The summed E-state index contributed by atoms with van der Waals surface area (Å²) in [5.74, 6) is 1.05. The Morgan fingerprint density at radius 2 is 1.88 bits per heavy atom. The van der Waals surface area contributed by atoms with Gasteiger partial charge in [-0.15, -0.1) is 0 Å². The second kappa shape index (κ2) is 8.22. The van der Waals surface area contributed by atoms with Crippen molar-refractivity contribution in [1.82, 2.24) is 4.90 Å². The number of rotatable bonds is 3. The fourth-order valence-electron chi connectivity index (χ4n) is 2.75. The molecule has 1 fully saturated rings. The van der Waals surface area contributed by atoms with Crippen LogP contribution in [-0.2, 0) is 0 Å². The largest absolute Gasteiger partial charge is 0.337 e. The molecule has 136 valence electrons. The van der Waals surface area contributed by atoms with Crippen LogP contribution in [0.3, 0.4) is 0 Å². The van der Waals surface area contributed by atoms with E-state index >= 15 is 0 Å². The van der Waals surface area contributed by atoms with Crippen LogP contribution < -0.4 is 5.32 Å². The van der Waals surface area contributed by atoms with Gasteiger partial charge in [-0.25, -0.2) is 4.39 Å². The summed E-state index contributed by atoms with van der Waals surface area (Å²) in [5, 5.41) is 2.78. The summed E-state index contributed by atoms with van der Waals surface area (Å²) in [7, 11) is 0. The van der Waals surface area contributed by atoms with Gasteiger partial charge >= 0.3 is 0 Å². The molecule has 7 heteroatoms. The van der Waals surface area contributed by atoms with E-state index in [0.717, 1.165) is 30.2 Å². The van der Waals surface area contributed by atoms with Crippen molar-refractivity contribution in [2.24, 2.45) is 0 Å². The molecule has 2 aromatic carbocycles. The molecule has 26 heavy (non-hydrogen) atoms. The molecule has 0 aromatic heterocycles. The number of thioether (sulfide) groups is 1. The van der Waals surface area contributed by atoms with Crippen LogP contribution in [0.1, 0.15) is 26.3 Å². The maximum atomic E-state index is 13.4. The Bertz CT molecular complexity index is 853. The van der Waals surface area contributed by atoms with Crippen molar-refractivity contribution in [2.45, 2.75) is 6.92 Å². The van der Waals surface area contributed by atoms with E-state index < -0.39 is 11.7 Å². The summed E-state index contributed by atoms with van der Waals surface area (Å²) in [6.45, 7) is 3.35. The fraction of sp³-hybridized carbons (Fsp3) is 0.263. The van der Waals surface area contributed by atoms with Gasteiger partial charge in [0.25, 0.3) is 11.8 Å². The highest BCUT2D eigenvalue weighted by atomic mass is 79.9. The number of amides is 2. The smallest absolute Gasteiger partial charge is 0.256 e. The maximum absolute atomic E-state index is 13.4. The summed E-state index contributed by atoms with van der Waals surface area (Å²) in [4.78, 5) is 26.8. The molecule has 0 atom stereocenters. The summed E-state index contributed by atoms with van der Waals surface area (Å²) in [6.07, 6.45) is 0. The zero-order valence-electron chi connectivity index (χ0n) is 14.2. The second-order valence-electron chi connectivity index (χ2n) is 6.01. The van der Waals surface area contributed by atoms with Gasteiger partial charge in [0.15, 0.2) is 0 Å². The number of nitrogens with one attached hydrogen (secondary N) is 1. The lowest BCUT2D eigenvalue weighted by molar-refractivity contribution is 0.0772. The normalized spacial score (nSPS) is 14.2. The van der Waals surface area contributed by atoms with E-state index in [9.17, 15) is 14.0 Å². The Kier molecular flexibility index (Phi) is 5.98. The first kappa shape index (κ1) is 18.9. The minimum absolute atomic E-state index is 0.0131. The van der Waals surface area contributed by atoms with Crippen molar-refractivity contribution in [3.8, 4) is 0 Å². The Hall–Kier alpha value is -1.86. The van der Waals surface area contributed by atoms with Crippen LogP contribution in [0.15, 0.2) is 40.9 Å². The standard InChI is InChI=1S/C19H18BrFN2O2S/c1-12-10-13(19(25)23-6-8-26-9-7-23)2-5-17(12)22-18(24)15-11-14(21)3-4-16(15)20/h2-5,10-11H,6-9H2,1H3,(H,22,24). The Balaban J connectivity index is 1.76. The molecule has 3 rings (SSSR count). The molecule has 0 spiro atoms. The third-order valence-corrected chi connectivity index (χ3v) is 5.83. The van der Waals surface area contributed by atoms with Crippen molar-refractivity contribution >= 4 is 45.2 Å². The molecule has 0 unspecified atom stereocenters. The number of nitrogens with zero attached hydrogens (tertiary/aromatic N) is 1. The van der Waals surface area contributed by atoms with Crippen LogP contribution in [0.25, 0.3) is 0 Å². The first-order valence-electron chi connectivity index (χ1n) is 8.20. The topological polar surface area (TPSA) is 49.4 Å². The van der Waals surface area contributed by atoms with Crippen LogP contribution in [0.5, 0.6) is 0 Å². The van der Waals surface area contributed by atoms with E-state index in [2.05, 4.69) is 21.2 Å². The number of hydrogen-bond donors (Lipinski definition) is 1. The molecule has 0 aliphatic carbocycles. The van der Waals surface area contributed by atoms with E-state index in [1.165, 1.54) is 18.2 Å². The number of aryl methyl sites for hydroxylation is 1. The van der Waals surface area contributed by atoms with Crippen molar-refractivity contribution < 1.29 is 14.0 Å². The molecule has 0 bridgehead atoms. The first-order valence-corrected chi connectivity index (χ1v) is 10.1. The van der Waals surface area contributed by atoms with Gasteiger partial charge in [0.05, 0.1) is 5.56 Å². The molecule has 0 saturated carbocycles. The van der Waals surface area contributed by atoms with Crippen LogP contribution in [0, 0.1) is 12.7 Å². The summed E-state index contributed by atoms with van der Waals surface area (Å²) in [5.41, 5.74) is 2.20. The molecule has 2 aromatic rings. The maximum Gasteiger partial charge on any atom is 0.256 e. The third kappa shape index (κ3) is 4.27. The average Bonchev–Trinajstić information content (AvgIpc) is 2.65. The van der Waals surface area contributed by atoms with Gasteiger partial charge in [-0.3, -0.25) is 9.59 Å². The van der Waals surface area contributed by atoms with Crippen LogP contribution in [0.2, 0.25) is 0 Å². The molecule has 0 radical (unpaired) electrons. The zero-order valence-corrected chi connectivity index (χ0v) is 16.6. The van der Waals surface area contributed by atoms with Gasteiger partial charge < -0.3 is 10.2 Å². The average molecular weight is 437 g/mol. The number of benzene rings is 2. The van der Waals surface area contributed by atoms with E-state index in [-0.39, 0.29) is 11.5 Å². The fourth-order valence-corrected chi connectivity index (χ4v) is 4.08. The second-order valence-corrected chi connectivity index (χ2v) is 8.09. The van der Waals surface area contributed by atoms with E-state index in [0.29, 0.717) is 15.7 Å². The van der Waals surface area contributed by atoms with Crippen LogP contribution in [0.4, 0.5) is 10.1 Å². The molecule has 1 saturated heterocycles. The highest BCUT2D eigenvalue weighted by molar-refractivity contribution is 9.10. The van der Waals surface area contributed by atoms with E-state index in [1.807, 2.05) is 23.6 Å². The van der Waals surface area contributed by atoms with Gasteiger partial charge in [0, 0.05) is 40.3 Å². The molecule has 4 nitrogen and oxygen atoms in total. The molecular weight excluding hydrogens is 419 g/mol. The van der Waals surface area contributed by atoms with Crippen molar-refractivity contribution in [3.63, 3.8) is 0 Å².